The summed E-state index contributed by atoms with van der Waals surface area (Å²) in [5, 5.41) is 7.83. The summed E-state index contributed by atoms with van der Waals surface area (Å²) in [4.78, 5) is 33.0. The summed E-state index contributed by atoms with van der Waals surface area (Å²) in [7, 11) is 2.80. The molecule has 0 aromatic rings. The fourth-order valence-corrected chi connectivity index (χ4v) is 1.15. The number of carbonyl (C=O) groups excluding carboxylic acids is 3. The molecule has 0 heterocycles. The zero-order valence-electron chi connectivity index (χ0n) is 10.3. The van der Waals surface area contributed by atoms with Gasteiger partial charge in [0.05, 0.1) is 7.11 Å². The molecule has 1 atom stereocenters. The summed E-state index contributed by atoms with van der Waals surface area (Å²) < 4.78 is 4.54. The van der Waals surface area contributed by atoms with Crippen molar-refractivity contribution in [2.24, 2.45) is 0 Å². The topological polar surface area (TPSA) is 96.5 Å². The van der Waals surface area contributed by atoms with E-state index in [1.54, 1.807) is 7.05 Å². The predicted octanol–water partition coefficient (Wildman–Crippen LogP) is -1.61. The van der Waals surface area contributed by atoms with Crippen LogP contribution in [0.5, 0.6) is 0 Å². The van der Waals surface area contributed by atoms with Gasteiger partial charge in [-0.05, 0) is 0 Å². The zero-order valence-corrected chi connectivity index (χ0v) is 10.3. The van der Waals surface area contributed by atoms with Gasteiger partial charge in [0.25, 0.3) is 0 Å². The Hall–Kier alpha value is -1.63. The van der Waals surface area contributed by atoms with Gasteiger partial charge in [-0.1, -0.05) is 0 Å². The Kier molecular flexibility index (Phi) is 7.70. The van der Waals surface area contributed by atoms with Crippen LogP contribution in [0.1, 0.15) is 13.3 Å². The minimum absolute atomic E-state index is 0.0911. The van der Waals surface area contributed by atoms with Crippen LogP contribution in [-0.2, 0) is 19.1 Å². The summed E-state index contributed by atoms with van der Waals surface area (Å²) in [5.41, 5.74) is 0. The van der Waals surface area contributed by atoms with Crippen molar-refractivity contribution in [2.45, 2.75) is 19.4 Å². The van der Waals surface area contributed by atoms with Crippen LogP contribution in [0.25, 0.3) is 0 Å². The summed E-state index contributed by atoms with van der Waals surface area (Å²) in [6, 6.07) is -0.734. The Morgan fingerprint density at radius 3 is 2.41 bits per heavy atom. The number of ether oxygens (including phenoxy) is 1. The number of methoxy groups -OCH3 is 1. The lowest BCUT2D eigenvalue weighted by molar-refractivity contribution is -0.144. The van der Waals surface area contributed by atoms with Crippen LogP contribution in [0.15, 0.2) is 0 Å². The molecule has 7 heteroatoms. The fourth-order valence-electron chi connectivity index (χ4n) is 1.15. The van der Waals surface area contributed by atoms with E-state index in [9.17, 15) is 14.4 Å². The molecule has 0 aromatic carbocycles. The van der Waals surface area contributed by atoms with E-state index >= 15 is 0 Å². The number of nitrogens with one attached hydrogen (secondary N) is 3. The maximum atomic E-state index is 11.3. The molecule has 0 saturated carbocycles. The van der Waals surface area contributed by atoms with Crippen molar-refractivity contribution in [1.29, 1.82) is 0 Å². The molecule has 0 aliphatic heterocycles. The van der Waals surface area contributed by atoms with Crippen LogP contribution in [-0.4, -0.2) is 51.1 Å². The molecule has 1 unspecified atom stereocenters. The Morgan fingerprint density at radius 2 is 1.94 bits per heavy atom. The molecule has 0 aromatic heterocycles. The van der Waals surface area contributed by atoms with E-state index in [4.69, 9.17) is 0 Å². The monoisotopic (exact) mass is 245 g/mol. The van der Waals surface area contributed by atoms with E-state index in [-0.39, 0.29) is 18.4 Å². The van der Waals surface area contributed by atoms with Gasteiger partial charge in [0, 0.05) is 33.5 Å². The molecule has 0 fully saturated rings. The third-order valence-corrected chi connectivity index (χ3v) is 2.02. The minimum Gasteiger partial charge on any atom is -0.467 e. The maximum absolute atomic E-state index is 11.3. The van der Waals surface area contributed by atoms with Crippen molar-refractivity contribution >= 4 is 17.8 Å². The third-order valence-electron chi connectivity index (χ3n) is 2.02. The maximum Gasteiger partial charge on any atom is 0.329 e. The van der Waals surface area contributed by atoms with Crippen LogP contribution in [0, 0.1) is 0 Å². The van der Waals surface area contributed by atoms with Gasteiger partial charge in [-0.3, -0.25) is 9.59 Å². The number of rotatable bonds is 7. The van der Waals surface area contributed by atoms with Crippen LogP contribution >= 0.6 is 0 Å². The highest BCUT2D eigenvalue weighted by atomic mass is 16.5. The summed E-state index contributed by atoms with van der Waals surface area (Å²) in [6.45, 7) is 1.97. The molecule has 7 nitrogen and oxygen atoms in total. The summed E-state index contributed by atoms with van der Waals surface area (Å²) in [6.07, 6.45) is 0.310. The number of esters is 1. The standard InChI is InChI=1S/C10H19N3O4/c1-7(14)13-8(10(16)17-3)6-12-5-4-9(15)11-2/h8,12H,4-6H2,1-3H3,(H,11,15)(H,13,14). The van der Waals surface area contributed by atoms with E-state index in [1.165, 1.54) is 14.0 Å². The predicted molar refractivity (Wildman–Crippen MR) is 61.2 cm³/mol. The first kappa shape index (κ1) is 15.4. The molecule has 2 amide bonds. The molecule has 0 radical (unpaired) electrons. The van der Waals surface area contributed by atoms with Gasteiger partial charge in [-0.15, -0.1) is 0 Å². The second-order valence-electron chi connectivity index (χ2n) is 3.40. The summed E-state index contributed by atoms with van der Waals surface area (Å²) >= 11 is 0. The Bertz CT molecular complexity index is 281. The molecule has 98 valence electrons. The highest BCUT2D eigenvalue weighted by molar-refractivity contribution is 5.83. The quantitative estimate of drug-likeness (QED) is 0.370. The number of carbonyl (C=O) groups is 3. The minimum atomic E-state index is -0.734. The average molecular weight is 245 g/mol. The number of hydrogen-bond donors (Lipinski definition) is 3. The molecule has 0 aliphatic rings. The van der Waals surface area contributed by atoms with Crippen molar-refractivity contribution in [2.75, 3.05) is 27.2 Å². The van der Waals surface area contributed by atoms with Crippen molar-refractivity contribution in [3.63, 3.8) is 0 Å². The Morgan fingerprint density at radius 1 is 1.29 bits per heavy atom. The van der Waals surface area contributed by atoms with Crippen molar-refractivity contribution in [3.05, 3.63) is 0 Å². The van der Waals surface area contributed by atoms with Gasteiger partial charge in [0.2, 0.25) is 11.8 Å². The molecule has 0 bridgehead atoms. The van der Waals surface area contributed by atoms with Gasteiger partial charge in [-0.2, -0.15) is 0 Å². The second-order valence-corrected chi connectivity index (χ2v) is 3.40. The van der Waals surface area contributed by atoms with Gasteiger partial charge in [0.1, 0.15) is 6.04 Å². The van der Waals surface area contributed by atoms with Gasteiger partial charge >= 0.3 is 5.97 Å². The molecular weight excluding hydrogens is 226 g/mol. The smallest absolute Gasteiger partial charge is 0.329 e. The average Bonchev–Trinajstić information content (AvgIpc) is 2.31. The van der Waals surface area contributed by atoms with Crippen LogP contribution in [0.2, 0.25) is 0 Å². The Labute approximate surface area is 100 Å². The zero-order chi connectivity index (χ0) is 13.3. The molecule has 0 spiro atoms. The number of amides is 2. The molecule has 0 rings (SSSR count). The molecule has 0 saturated heterocycles. The van der Waals surface area contributed by atoms with Crippen molar-refractivity contribution in [1.82, 2.24) is 16.0 Å². The van der Waals surface area contributed by atoms with E-state index in [0.29, 0.717) is 13.0 Å². The van der Waals surface area contributed by atoms with Gasteiger partial charge in [0.15, 0.2) is 0 Å². The van der Waals surface area contributed by atoms with Crippen LogP contribution in [0.4, 0.5) is 0 Å². The fraction of sp³-hybridized carbons (Fsp3) is 0.700. The lowest BCUT2D eigenvalue weighted by Crippen LogP contribution is -2.47. The van der Waals surface area contributed by atoms with Gasteiger partial charge < -0.3 is 20.7 Å². The van der Waals surface area contributed by atoms with Crippen LogP contribution in [0.3, 0.4) is 0 Å². The second kappa shape index (κ2) is 8.51. The van der Waals surface area contributed by atoms with Crippen molar-refractivity contribution in [3.8, 4) is 0 Å². The first-order valence-corrected chi connectivity index (χ1v) is 5.27. The lowest BCUT2D eigenvalue weighted by Gasteiger charge is -2.15. The molecule has 3 N–H and O–H groups in total. The van der Waals surface area contributed by atoms with E-state index in [0.717, 1.165) is 0 Å². The summed E-state index contributed by atoms with van der Waals surface area (Å²) in [5.74, 6) is -0.923. The van der Waals surface area contributed by atoms with Crippen molar-refractivity contribution < 1.29 is 19.1 Å². The SMILES string of the molecule is CNC(=O)CCNCC(NC(C)=O)C(=O)OC. The highest BCUT2D eigenvalue weighted by Crippen LogP contribution is 1.87. The largest absolute Gasteiger partial charge is 0.467 e. The molecule has 0 aliphatic carbocycles. The van der Waals surface area contributed by atoms with Crippen LogP contribution < -0.4 is 16.0 Å². The van der Waals surface area contributed by atoms with E-state index in [2.05, 4.69) is 20.7 Å². The normalized spacial score (nSPS) is 11.5. The van der Waals surface area contributed by atoms with Gasteiger partial charge in [-0.25, -0.2) is 4.79 Å². The first-order valence-electron chi connectivity index (χ1n) is 5.27. The van der Waals surface area contributed by atoms with E-state index < -0.39 is 12.0 Å². The number of hydrogen-bond acceptors (Lipinski definition) is 5. The lowest BCUT2D eigenvalue weighted by atomic mass is 10.3. The molecular formula is C10H19N3O4. The van der Waals surface area contributed by atoms with E-state index in [1.807, 2.05) is 0 Å². The third kappa shape index (κ3) is 7.29. The first-order chi connectivity index (χ1) is 8.01. The Balaban J connectivity index is 3.95. The molecule has 17 heavy (non-hydrogen) atoms. The highest BCUT2D eigenvalue weighted by Gasteiger charge is 2.19.